The third kappa shape index (κ3) is 16.8. The van der Waals surface area contributed by atoms with E-state index in [1.54, 1.807) is 0 Å². The number of rotatable bonds is 8. The van der Waals surface area contributed by atoms with E-state index in [-0.39, 0.29) is 43.2 Å². The number of ether oxygens (including phenoxy) is 1. The molecule has 1 heterocycles. The fraction of sp³-hybridized carbons (Fsp3) is 0.667. The van der Waals surface area contributed by atoms with E-state index in [1.807, 2.05) is 0 Å². The second-order valence-corrected chi connectivity index (χ2v) is 26.4. The topological polar surface area (TPSA) is 51.4 Å². The molecule has 2 aromatic carbocycles. The first-order valence-corrected chi connectivity index (χ1v) is 24.4. The number of nitrogens with one attached hydrogen (secondary N) is 1. The molecule has 0 amide bonds. The van der Waals surface area contributed by atoms with Crippen LogP contribution in [0.1, 0.15) is 135 Å². The Labute approximate surface area is 317 Å². The number of hydrogen-bond donors (Lipinski definition) is 1. The molecule has 7 heteroatoms. The van der Waals surface area contributed by atoms with Gasteiger partial charge < -0.3 is 14.4 Å². The predicted molar refractivity (Wildman–Crippen MR) is 213 cm³/mol. The fourth-order valence-corrected chi connectivity index (χ4v) is 13.5. The molecule has 0 bridgehead atoms. The normalized spacial score (nSPS) is 14.2. The van der Waals surface area contributed by atoms with Gasteiger partial charge in [-0.3, -0.25) is 0 Å². The Kier molecular flexibility index (Phi) is 20.0. The minimum absolute atomic E-state index is 0. The molecule has 0 radical (unpaired) electrons. The van der Waals surface area contributed by atoms with Gasteiger partial charge in [-0.2, -0.15) is 0 Å². The maximum absolute atomic E-state index is 5.37. The maximum Gasteiger partial charge on any atom is 2.00 e. The van der Waals surface area contributed by atoms with Gasteiger partial charge in [-0.25, -0.2) is 5.32 Å². The minimum atomic E-state index is -1.11. The monoisotopic (exact) mass is 692 g/mol. The number of para-hydroxylation sites is 2. The average Bonchev–Trinajstić information content (AvgIpc) is 3.46. The molecule has 0 spiro atoms. The van der Waals surface area contributed by atoms with Crippen molar-refractivity contribution in [1.82, 2.24) is 0 Å². The standard InChI is InChI=1S/C29H43N2.C6H18NSi2.C4H8O.Ca/c1-18(2)22-14-12-15-23(19(3)4)26(22)30-28(29(9,10)11)31-27-24(20(5)6)16-13-17-25(27)21(7)8;1-8(2,3)7-9(4,5)6;1-2-4-5-3-1;/h12-21H,1-11H3;1-6H3;1-4H2;/q2*-1;;+2/p+1. The molecule has 1 N–H and O–H groups in total. The molecule has 4 nitrogen and oxygen atoms in total. The summed E-state index contributed by atoms with van der Waals surface area (Å²) in [5, 5.41) is 5.37. The van der Waals surface area contributed by atoms with E-state index in [2.05, 4.69) is 157 Å². The van der Waals surface area contributed by atoms with Crippen LogP contribution < -0.4 is 4.99 Å². The molecule has 0 unspecified atom stereocenters. The van der Waals surface area contributed by atoms with Gasteiger partial charge in [0.15, 0.2) is 0 Å². The molecule has 1 aliphatic heterocycles. The summed E-state index contributed by atoms with van der Waals surface area (Å²) < 4.78 is 9.76. The van der Waals surface area contributed by atoms with E-state index in [4.69, 9.17) is 14.7 Å². The van der Waals surface area contributed by atoms with Crippen LogP contribution in [0.4, 0.5) is 11.4 Å². The van der Waals surface area contributed by atoms with Crippen molar-refractivity contribution in [2.75, 3.05) is 13.2 Å². The Bertz CT molecular complexity index is 1130. The first kappa shape index (κ1) is 45.5. The summed E-state index contributed by atoms with van der Waals surface area (Å²) in [6.45, 7) is 40.6. The molecule has 256 valence electrons. The van der Waals surface area contributed by atoms with Gasteiger partial charge in [-0.15, -0.1) is 0 Å². The summed E-state index contributed by atoms with van der Waals surface area (Å²) in [4.78, 5) is 3.85. The summed E-state index contributed by atoms with van der Waals surface area (Å²) in [5.41, 5.74) is 7.59. The zero-order chi connectivity index (χ0) is 34.8. The maximum atomic E-state index is 5.37. The van der Waals surface area contributed by atoms with Crippen molar-refractivity contribution in [1.29, 1.82) is 0 Å². The molecule has 0 saturated carbocycles. The zero-order valence-corrected chi connectivity index (χ0v) is 37.3. The quantitative estimate of drug-likeness (QED) is 0.167. The molecule has 0 atom stereocenters. The molecule has 1 fully saturated rings. The zero-order valence-electron chi connectivity index (χ0n) is 33.1. The molecular weight excluding hydrogens is 623 g/mol. The molecule has 0 aliphatic carbocycles. The first-order chi connectivity index (χ1) is 20.5. The molecule has 46 heavy (non-hydrogen) atoms. The summed E-state index contributed by atoms with van der Waals surface area (Å²) in [7, 11) is -2.21. The van der Waals surface area contributed by atoms with Crippen LogP contribution in [0.25, 0.3) is 9.96 Å². The van der Waals surface area contributed by atoms with Crippen LogP contribution in [0.2, 0.25) is 39.3 Å². The molecule has 1 aliphatic rings. The van der Waals surface area contributed by atoms with Gasteiger partial charge in [0.2, 0.25) is 0 Å². The Balaban J connectivity index is 0.00000111. The third-order valence-corrected chi connectivity index (χ3v) is 12.8. The van der Waals surface area contributed by atoms with Crippen molar-refractivity contribution in [3.63, 3.8) is 0 Å². The van der Waals surface area contributed by atoms with E-state index in [9.17, 15) is 0 Å². The molecule has 3 rings (SSSR count). The van der Waals surface area contributed by atoms with Crippen molar-refractivity contribution in [3.05, 3.63) is 68.6 Å². The van der Waals surface area contributed by atoms with E-state index in [0.717, 1.165) is 24.7 Å². The predicted octanol–water partition coefficient (Wildman–Crippen LogP) is 11.5. The largest absolute Gasteiger partial charge is 2.00 e. The van der Waals surface area contributed by atoms with Crippen molar-refractivity contribution in [2.24, 2.45) is 5.41 Å². The smallest absolute Gasteiger partial charge is 0.668 e. The Morgan fingerprint density at radius 2 is 1.00 bits per heavy atom. The van der Waals surface area contributed by atoms with Crippen LogP contribution in [-0.2, 0) is 4.74 Å². The van der Waals surface area contributed by atoms with Gasteiger partial charge in [0.1, 0.15) is 5.84 Å². The summed E-state index contributed by atoms with van der Waals surface area (Å²) in [6, 6.07) is 13.3. The van der Waals surface area contributed by atoms with Gasteiger partial charge >= 0.3 is 37.7 Å². The first-order valence-electron chi connectivity index (χ1n) is 17.5. The number of amidine groups is 1. The third-order valence-electron chi connectivity index (χ3n) is 7.39. The minimum Gasteiger partial charge on any atom is -0.668 e. The summed E-state index contributed by atoms with van der Waals surface area (Å²) >= 11 is 0. The van der Waals surface area contributed by atoms with Crippen molar-refractivity contribution >= 4 is 71.4 Å². The molecular formula is C39H70CaN3OSi2+. The van der Waals surface area contributed by atoms with E-state index in [1.165, 1.54) is 40.8 Å². The molecule has 2 aromatic rings. The van der Waals surface area contributed by atoms with Crippen molar-refractivity contribution in [3.8, 4) is 0 Å². The summed E-state index contributed by atoms with van der Waals surface area (Å²) in [6.07, 6.45) is 2.56. The van der Waals surface area contributed by atoms with E-state index < -0.39 is 16.5 Å². The van der Waals surface area contributed by atoms with Crippen LogP contribution in [0.3, 0.4) is 0 Å². The van der Waals surface area contributed by atoms with Crippen LogP contribution in [0.15, 0.2) is 36.4 Å². The van der Waals surface area contributed by atoms with E-state index >= 15 is 0 Å². The van der Waals surface area contributed by atoms with Gasteiger partial charge in [0.05, 0.1) is 5.69 Å². The van der Waals surface area contributed by atoms with Crippen molar-refractivity contribution < 1.29 is 9.73 Å². The van der Waals surface area contributed by atoms with Gasteiger partial charge in [0.25, 0.3) is 0 Å². The Morgan fingerprint density at radius 1 is 0.652 bits per heavy atom. The SMILES string of the molecule is C1CCOC1.CC(C)c1cccc(C(C)C)c1[N-]C(=[NH+]c1c(C(C)C)cccc1C(C)C)C(C)(C)C.C[Si](C)(C)[N-][Si](C)(C)C.[Ca+2]. The summed E-state index contributed by atoms with van der Waals surface area (Å²) in [5.74, 6) is 2.76. The Morgan fingerprint density at radius 3 is 1.24 bits per heavy atom. The van der Waals surface area contributed by atoms with Gasteiger partial charge in [-0.05, 0) is 58.8 Å². The molecule has 0 aromatic heterocycles. The van der Waals surface area contributed by atoms with Crippen LogP contribution in [-0.4, -0.2) is 73.3 Å². The van der Waals surface area contributed by atoms with Gasteiger partial charge in [0, 0.05) is 24.3 Å². The molecule has 1 saturated heterocycles. The van der Waals surface area contributed by atoms with E-state index in [0.29, 0.717) is 23.7 Å². The second-order valence-electron chi connectivity index (χ2n) is 16.8. The van der Waals surface area contributed by atoms with Crippen molar-refractivity contribution in [2.45, 2.75) is 152 Å². The second kappa shape index (κ2) is 20.3. The van der Waals surface area contributed by atoms with Crippen LogP contribution >= 0.6 is 0 Å². The number of nitrogens with zero attached hydrogens (tertiary/aromatic N) is 2. The fourth-order valence-electron chi connectivity index (χ4n) is 5.47. The average molecular weight is 693 g/mol. The van der Waals surface area contributed by atoms with Crippen LogP contribution in [0, 0.1) is 5.41 Å². The van der Waals surface area contributed by atoms with Crippen LogP contribution in [0.5, 0.6) is 0 Å². The number of hydrogen-bond acceptors (Lipinski definition) is 1. The Hall–Kier alpha value is -0.476. The number of benzene rings is 2. The van der Waals surface area contributed by atoms with Gasteiger partial charge in [-0.1, -0.05) is 168 Å².